The molecule has 34 heavy (non-hydrogen) atoms. The van der Waals surface area contributed by atoms with Crippen LogP contribution in [0, 0.1) is 12.7 Å². The van der Waals surface area contributed by atoms with Crippen molar-refractivity contribution in [3.05, 3.63) is 94.6 Å². The van der Waals surface area contributed by atoms with Gasteiger partial charge in [-0.2, -0.15) is 0 Å². The van der Waals surface area contributed by atoms with Crippen LogP contribution in [0.1, 0.15) is 9.88 Å². The highest BCUT2D eigenvalue weighted by Crippen LogP contribution is 2.29. The van der Waals surface area contributed by atoms with Gasteiger partial charge in [-0.15, -0.1) is 11.3 Å². The van der Waals surface area contributed by atoms with Gasteiger partial charge in [0.15, 0.2) is 0 Å². The zero-order valence-electron chi connectivity index (χ0n) is 18.5. The number of hydrogen-bond donors (Lipinski definition) is 1. The van der Waals surface area contributed by atoms with Crippen molar-refractivity contribution >= 4 is 38.6 Å². The molecular formula is C25H22FN3O3S2. The van der Waals surface area contributed by atoms with Crippen LogP contribution in [-0.2, 0) is 21.2 Å². The van der Waals surface area contributed by atoms with E-state index < -0.39 is 10.0 Å². The van der Waals surface area contributed by atoms with Gasteiger partial charge in [-0.25, -0.2) is 17.8 Å². The number of rotatable bonds is 7. The summed E-state index contributed by atoms with van der Waals surface area (Å²) in [5.74, 6) is -0.652. The van der Waals surface area contributed by atoms with Crippen LogP contribution in [0.15, 0.2) is 83.8 Å². The quantitative estimate of drug-likeness (QED) is 0.379. The molecule has 1 heterocycles. The van der Waals surface area contributed by atoms with Gasteiger partial charge in [-0.05, 0) is 61.5 Å². The van der Waals surface area contributed by atoms with E-state index in [4.69, 9.17) is 0 Å². The largest absolute Gasteiger partial charge is 0.326 e. The fourth-order valence-corrected chi connectivity index (χ4v) is 5.64. The lowest BCUT2D eigenvalue weighted by atomic mass is 10.1. The zero-order chi connectivity index (χ0) is 24.3. The summed E-state index contributed by atoms with van der Waals surface area (Å²) < 4.78 is 40.6. The number of hydrogen-bond acceptors (Lipinski definition) is 5. The van der Waals surface area contributed by atoms with E-state index in [9.17, 15) is 17.6 Å². The van der Waals surface area contributed by atoms with Crippen molar-refractivity contribution in [3.8, 4) is 11.3 Å². The van der Waals surface area contributed by atoms with Crippen LogP contribution < -0.4 is 9.62 Å². The lowest BCUT2D eigenvalue weighted by Crippen LogP contribution is -2.26. The van der Waals surface area contributed by atoms with Crippen LogP contribution in [0.2, 0.25) is 0 Å². The van der Waals surface area contributed by atoms with Crippen molar-refractivity contribution < 1.29 is 17.6 Å². The Morgan fingerprint density at radius 2 is 1.74 bits per heavy atom. The molecule has 0 aliphatic heterocycles. The van der Waals surface area contributed by atoms with Crippen LogP contribution in [0.3, 0.4) is 0 Å². The van der Waals surface area contributed by atoms with E-state index in [1.54, 1.807) is 48.5 Å². The molecule has 1 amide bonds. The molecule has 0 atom stereocenters. The number of aryl methyl sites for hydroxylation is 1. The Morgan fingerprint density at radius 3 is 2.44 bits per heavy atom. The van der Waals surface area contributed by atoms with E-state index in [0.717, 1.165) is 15.4 Å². The molecule has 0 bridgehead atoms. The first-order chi connectivity index (χ1) is 16.2. The van der Waals surface area contributed by atoms with Crippen molar-refractivity contribution in [2.24, 2.45) is 0 Å². The van der Waals surface area contributed by atoms with Crippen molar-refractivity contribution in [3.63, 3.8) is 0 Å². The number of amides is 1. The minimum atomic E-state index is -3.81. The molecule has 4 aromatic rings. The minimum Gasteiger partial charge on any atom is -0.326 e. The van der Waals surface area contributed by atoms with Crippen molar-refractivity contribution in [2.75, 3.05) is 16.7 Å². The van der Waals surface area contributed by atoms with Gasteiger partial charge >= 0.3 is 0 Å². The SMILES string of the molecule is Cc1nc(-c2ccc(F)cc2)c(CC(=O)Nc2cccc(S(=O)(=O)N(C)c3ccccc3)c2)s1. The van der Waals surface area contributed by atoms with E-state index in [1.165, 1.54) is 47.0 Å². The summed E-state index contributed by atoms with van der Waals surface area (Å²) in [5.41, 5.74) is 2.27. The third-order valence-electron chi connectivity index (χ3n) is 5.14. The minimum absolute atomic E-state index is 0.0547. The fourth-order valence-electron chi connectivity index (χ4n) is 3.44. The van der Waals surface area contributed by atoms with E-state index in [0.29, 0.717) is 17.1 Å². The number of anilines is 2. The molecule has 0 aliphatic carbocycles. The predicted molar refractivity (Wildman–Crippen MR) is 133 cm³/mol. The van der Waals surface area contributed by atoms with Crippen LogP contribution >= 0.6 is 11.3 Å². The van der Waals surface area contributed by atoms with Crippen LogP contribution in [0.5, 0.6) is 0 Å². The molecule has 3 aromatic carbocycles. The number of nitrogens with zero attached hydrogens (tertiary/aromatic N) is 2. The third kappa shape index (κ3) is 5.16. The molecule has 0 radical (unpaired) electrons. The van der Waals surface area contributed by atoms with E-state index in [-0.39, 0.29) is 23.0 Å². The smallest absolute Gasteiger partial charge is 0.264 e. The number of para-hydroxylation sites is 1. The summed E-state index contributed by atoms with van der Waals surface area (Å²) >= 11 is 1.39. The summed E-state index contributed by atoms with van der Waals surface area (Å²) in [6, 6.07) is 20.9. The standard InChI is InChI=1S/C25H22FN3O3S2/c1-17-27-25(18-11-13-19(26)14-12-18)23(33-17)16-24(30)28-20-7-6-10-22(15-20)34(31,32)29(2)21-8-4-3-5-9-21/h3-15H,16H2,1-2H3,(H,28,30). The molecule has 0 saturated carbocycles. The first kappa shape index (κ1) is 23.6. The molecule has 0 unspecified atom stereocenters. The predicted octanol–water partition coefficient (Wildman–Crippen LogP) is 5.26. The first-order valence-electron chi connectivity index (χ1n) is 10.4. The molecule has 0 spiro atoms. The van der Waals surface area contributed by atoms with Crippen LogP contribution in [0.25, 0.3) is 11.3 Å². The molecule has 1 aromatic heterocycles. The van der Waals surface area contributed by atoms with E-state index >= 15 is 0 Å². The normalized spacial score (nSPS) is 11.3. The van der Waals surface area contributed by atoms with Gasteiger partial charge in [0, 0.05) is 23.2 Å². The highest BCUT2D eigenvalue weighted by molar-refractivity contribution is 7.92. The highest BCUT2D eigenvalue weighted by atomic mass is 32.2. The first-order valence-corrected chi connectivity index (χ1v) is 12.7. The molecular weight excluding hydrogens is 473 g/mol. The van der Waals surface area contributed by atoms with Gasteiger partial charge in [0.2, 0.25) is 5.91 Å². The third-order valence-corrected chi connectivity index (χ3v) is 7.89. The Balaban J connectivity index is 1.52. The Labute approximate surface area is 201 Å². The molecule has 1 N–H and O–H groups in total. The Bertz CT molecular complexity index is 1420. The summed E-state index contributed by atoms with van der Waals surface area (Å²) in [6.07, 6.45) is 0.0547. The van der Waals surface area contributed by atoms with E-state index in [2.05, 4.69) is 10.3 Å². The number of benzene rings is 3. The molecule has 9 heteroatoms. The topological polar surface area (TPSA) is 79.4 Å². The number of halogens is 1. The number of carbonyl (C=O) groups excluding carboxylic acids is 1. The van der Waals surface area contributed by atoms with Gasteiger partial charge in [0.1, 0.15) is 5.82 Å². The maximum atomic E-state index is 13.3. The van der Waals surface area contributed by atoms with Gasteiger partial charge < -0.3 is 5.32 Å². The molecule has 174 valence electrons. The van der Waals surface area contributed by atoms with Gasteiger partial charge in [0.05, 0.1) is 27.7 Å². The molecule has 4 rings (SSSR count). The summed E-state index contributed by atoms with van der Waals surface area (Å²) in [6.45, 7) is 1.84. The van der Waals surface area contributed by atoms with Crippen molar-refractivity contribution in [1.82, 2.24) is 4.98 Å². The number of thiazole rings is 1. The molecule has 0 fully saturated rings. The number of aromatic nitrogens is 1. The lowest BCUT2D eigenvalue weighted by molar-refractivity contribution is -0.115. The highest BCUT2D eigenvalue weighted by Gasteiger charge is 2.22. The molecule has 0 saturated heterocycles. The van der Waals surface area contributed by atoms with Gasteiger partial charge in [0.25, 0.3) is 10.0 Å². The van der Waals surface area contributed by atoms with Crippen molar-refractivity contribution in [1.29, 1.82) is 0 Å². The maximum Gasteiger partial charge on any atom is 0.264 e. The Hall–Kier alpha value is -3.56. The van der Waals surface area contributed by atoms with Gasteiger partial charge in [-0.3, -0.25) is 9.10 Å². The lowest BCUT2D eigenvalue weighted by Gasteiger charge is -2.19. The molecule has 0 aliphatic rings. The summed E-state index contributed by atoms with van der Waals surface area (Å²) in [7, 11) is -2.32. The second-order valence-electron chi connectivity index (χ2n) is 7.57. The maximum absolute atomic E-state index is 13.3. The van der Waals surface area contributed by atoms with Crippen molar-refractivity contribution in [2.45, 2.75) is 18.2 Å². The average molecular weight is 496 g/mol. The average Bonchev–Trinajstić information content (AvgIpc) is 3.19. The number of sulfonamides is 1. The summed E-state index contributed by atoms with van der Waals surface area (Å²) in [4.78, 5) is 18.1. The number of carbonyl (C=O) groups is 1. The monoisotopic (exact) mass is 495 g/mol. The van der Waals surface area contributed by atoms with Crippen LogP contribution in [-0.4, -0.2) is 26.4 Å². The second-order valence-corrected chi connectivity index (χ2v) is 10.8. The number of nitrogens with one attached hydrogen (secondary N) is 1. The van der Waals surface area contributed by atoms with E-state index in [1.807, 2.05) is 13.0 Å². The fraction of sp³-hybridized carbons (Fsp3) is 0.120. The Kier molecular flexibility index (Phi) is 6.76. The Morgan fingerprint density at radius 1 is 1.03 bits per heavy atom. The van der Waals surface area contributed by atoms with Gasteiger partial charge in [-0.1, -0.05) is 24.3 Å². The molecule has 6 nitrogen and oxygen atoms in total. The summed E-state index contributed by atoms with van der Waals surface area (Å²) in [5, 5.41) is 3.57. The van der Waals surface area contributed by atoms with Crippen LogP contribution in [0.4, 0.5) is 15.8 Å². The second kappa shape index (κ2) is 9.74. The zero-order valence-corrected chi connectivity index (χ0v) is 20.2.